The smallest absolute Gasteiger partial charge is 0.258 e. The van der Waals surface area contributed by atoms with E-state index in [1.54, 1.807) is 36.1 Å². The molecular weight excluding hydrogens is 324 g/mol. The minimum atomic E-state index is -3.37. The first-order valence-electron chi connectivity index (χ1n) is 7.93. The normalized spacial score (nSPS) is 16.8. The second-order valence-electron chi connectivity index (χ2n) is 5.94. The van der Waals surface area contributed by atoms with Crippen molar-refractivity contribution in [1.82, 2.24) is 0 Å². The van der Waals surface area contributed by atoms with E-state index >= 15 is 0 Å². The van der Waals surface area contributed by atoms with Crippen LogP contribution in [0.2, 0.25) is 0 Å². The second-order valence-corrected chi connectivity index (χ2v) is 7.95. The third kappa shape index (κ3) is 3.14. The van der Waals surface area contributed by atoms with Gasteiger partial charge >= 0.3 is 0 Å². The Labute approximate surface area is 142 Å². The van der Waals surface area contributed by atoms with Gasteiger partial charge in [0.05, 0.1) is 5.75 Å². The number of nitrogens with one attached hydrogen (secondary N) is 1. The van der Waals surface area contributed by atoms with Crippen molar-refractivity contribution in [3.05, 3.63) is 59.7 Å². The van der Waals surface area contributed by atoms with Crippen LogP contribution in [0.25, 0.3) is 0 Å². The highest BCUT2D eigenvalue weighted by Gasteiger charge is 2.31. The molecule has 0 aliphatic carbocycles. The van der Waals surface area contributed by atoms with Crippen molar-refractivity contribution in [2.75, 3.05) is 15.4 Å². The van der Waals surface area contributed by atoms with Gasteiger partial charge in [-0.25, -0.2) is 8.42 Å². The van der Waals surface area contributed by atoms with Crippen LogP contribution in [0.1, 0.15) is 29.8 Å². The van der Waals surface area contributed by atoms with Crippen molar-refractivity contribution >= 4 is 27.3 Å². The Morgan fingerprint density at radius 1 is 1.21 bits per heavy atom. The molecule has 1 atom stereocenters. The van der Waals surface area contributed by atoms with Crippen LogP contribution in [0.5, 0.6) is 0 Å². The van der Waals surface area contributed by atoms with Crippen molar-refractivity contribution in [2.45, 2.75) is 26.3 Å². The van der Waals surface area contributed by atoms with Gasteiger partial charge in [-0.2, -0.15) is 0 Å². The second kappa shape index (κ2) is 6.28. The molecule has 5 nitrogen and oxygen atoms in total. The van der Waals surface area contributed by atoms with Crippen molar-refractivity contribution < 1.29 is 13.2 Å². The Bertz CT molecular complexity index is 877. The predicted octanol–water partition coefficient (Wildman–Crippen LogP) is 3.04. The quantitative estimate of drug-likeness (QED) is 0.927. The highest BCUT2D eigenvalue weighted by Crippen LogP contribution is 2.33. The van der Waals surface area contributed by atoms with Gasteiger partial charge in [0.1, 0.15) is 0 Å². The first-order chi connectivity index (χ1) is 11.4. The Morgan fingerprint density at radius 3 is 2.71 bits per heavy atom. The fourth-order valence-corrected chi connectivity index (χ4v) is 3.61. The van der Waals surface area contributed by atoms with Crippen LogP contribution in [-0.2, 0) is 16.4 Å². The standard InChI is InChI=1S/C18H20N2O3S/c1-3-24(22,23)19-16-9-6-8-15(12-16)18(21)20-13(2)11-14-7-4-5-10-17(14)20/h4-10,12-13,19H,3,11H2,1-2H3/t13-/m1/s1. The fraction of sp³-hybridized carbons (Fsp3) is 0.278. The number of anilines is 2. The van der Waals surface area contributed by atoms with E-state index < -0.39 is 10.0 Å². The van der Waals surface area contributed by atoms with E-state index in [4.69, 9.17) is 0 Å². The van der Waals surface area contributed by atoms with Crippen LogP contribution in [0.4, 0.5) is 11.4 Å². The topological polar surface area (TPSA) is 66.5 Å². The Balaban J connectivity index is 1.91. The molecule has 1 aliphatic rings. The summed E-state index contributed by atoms with van der Waals surface area (Å²) in [6.07, 6.45) is 0.823. The summed E-state index contributed by atoms with van der Waals surface area (Å²) in [5, 5.41) is 0. The molecule has 2 aromatic rings. The average molecular weight is 344 g/mol. The van der Waals surface area contributed by atoms with Gasteiger partial charge in [-0.1, -0.05) is 24.3 Å². The fourth-order valence-electron chi connectivity index (χ4n) is 2.98. The van der Waals surface area contributed by atoms with E-state index in [-0.39, 0.29) is 17.7 Å². The molecule has 2 aromatic carbocycles. The predicted molar refractivity (Wildman–Crippen MR) is 95.9 cm³/mol. The molecule has 24 heavy (non-hydrogen) atoms. The van der Waals surface area contributed by atoms with E-state index in [2.05, 4.69) is 4.72 Å². The van der Waals surface area contributed by atoms with Gasteiger partial charge in [0.25, 0.3) is 5.91 Å². The lowest BCUT2D eigenvalue weighted by Gasteiger charge is -2.23. The summed E-state index contributed by atoms with van der Waals surface area (Å²) < 4.78 is 25.9. The number of nitrogens with zero attached hydrogens (tertiary/aromatic N) is 1. The zero-order valence-corrected chi connectivity index (χ0v) is 14.5. The van der Waals surface area contributed by atoms with Gasteiger partial charge in [-0.3, -0.25) is 9.52 Å². The number of hydrogen-bond acceptors (Lipinski definition) is 3. The summed E-state index contributed by atoms with van der Waals surface area (Å²) in [6.45, 7) is 3.59. The zero-order valence-electron chi connectivity index (χ0n) is 13.7. The van der Waals surface area contributed by atoms with Gasteiger partial charge in [-0.05, 0) is 50.1 Å². The van der Waals surface area contributed by atoms with Crippen LogP contribution in [0.3, 0.4) is 0 Å². The third-order valence-electron chi connectivity index (χ3n) is 4.19. The number of para-hydroxylation sites is 1. The van der Waals surface area contributed by atoms with Crippen molar-refractivity contribution in [3.63, 3.8) is 0 Å². The van der Waals surface area contributed by atoms with Gasteiger partial charge in [-0.15, -0.1) is 0 Å². The lowest BCUT2D eigenvalue weighted by molar-refractivity contribution is 0.0981. The summed E-state index contributed by atoms with van der Waals surface area (Å²) in [5.41, 5.74) is 2.95. The lowest BCUT2D eigenvalue weighted by Crippen LogP contribution is -2.35. The number of hydrogen-bond donors (Lipinski definition) is 1. The number of benzene rings is 2. The molecule has 0 saturated heterocycles. The number of carbonyl (C=O) groups excluding carboxylic acids is 1. The highest BCUT2D eigenvalue weighted by atomic mass is 32.2. The molecule has 1 N–H and O–H groups in total. The summed E-state index contributed by atoms with van der Waals surface area (Å²) in [4.78, 5) is 14.7. The number of rotatable bonds is 4. The minimum absolute atomic E-state index is 0.0122. The van der Waals surface area contributed by atoms with Crippen molar-refractivity contribution in [2.24, 2.45) is 0 Å². The molecule has 0 bridgehead atoms. The van der Waals surface area contributed by atoms with E-state index in [0.29, 0.717) is 11.3 Å². The maximum Gasteiger partial charge on any atom is 0.258 e. The van der Waals surface area contributed by atoms with Gasteiger partial charge in [0.2, 0.25) is 10.0 Å². The molecule has 1 aliphatic heterocycles. The number of sulfonamides is 1. The number of amides is 1. The molecule has 0 unspecified atom stereocenters. The van der Waals surface area contributed by atoms with Gasteiger partial charge in [0.15, 0.2) is 0 Å². The van der Waals surface area contributed by atoms with Crippen LogP contribution >= 0.6 is 0 Å². The van der Waals surface area contributed by atoms with E-state index in [9.17, 15) is 13.2 Å². The molecule has 3 rings (SSSR count). The third-order valence-corrected chi connectivity index (χ3v) is 5.50. The Kier molecular flexibility index (Phi) is 4.32. The van der Waals surface area contributed by atoms with Crippen LogP contribution in [0, 0.1) is 0 Å². The molecule has 0 saturated carbocycles. The Morgan fingerprint density at radius 2 is 1.96 bits per heavy atom. The molecule has 6 heteroatoms. The molecule has 0 radical (unpaired) electrons. The lowest BCUT2D eigenvalue weighted by atomic mass is 10.1. The molecule has 0 aromatic heterocycles. The molecule has 1 amide bonds. The van der Waals surface area contributed by atoms with E-state index in [0.717, 1.165) is 17.7 Å². The van der Waals surface area contributed by atoms with Crippen molar-refractivity contribution in [1.29, 1.82) is 0 Å². The number of fused-ring (bicyclic) bond motifs is 1. The number of carbonyl (C=O) groups is 1. The van der Waals surface area contributed by atoms with Crippen LogP contribution in [-0.4, -0.2) is 26.1 Å². The summed E-state index contributed by atoms with van der Waals surface area (Å²) in [5.74, 6) is -0.133. The minimum Gasteiger partial charge on any atom is -0.305 e. The van der Waals surface area contributed by atoms with Gasteiger partial charge < -0.3 is 4.90 Å². The monoisotopic (exact) mass is 344 g/mol. The van der Waals surface area contributed by atoms with Crippen LogP contribution in [0.15, 0.2) is 48.5 Å². The van der Waals surface area contributed by atoms with Crippen LogP contribution < -0.4 is 9.62 Å². The maximum absolute atomic E-state index is 13.0. The molecule has 0 fully saturated rings. The van der Waals surface area contributed by atoms with Crippen molar-refractivity contribution in [3.8, 4) is 0 Å². The van der Waals surface area contributed by atoms with E-state index in [1.165, 1.54) is 0 Å². The first kappa shape index (κ1) is 16.5. The summed E-state index contributed by atoms with van der Waals surface area (Å²) in [6, 6.07) is 14.6. The Hall–Kier alpha value is -2.34. The maximum atomic E-state index is 13.0. The summed E-state index contributed by atoms with van der Waals surface area (Å²) >= 11 is 0. The van der Waals surface area contributed by atoms with Gasteiger partial charge in [0, 0.05) is 23.0 Å². The summed E-state index contributed by atoms with van der Waals surface area (Å²) in [7, 11) is -3.37. The highest BCUT2D eigenvalue weighted by molar-refractivity contribution is 7.92. The van der Waals surface area contributed by atoms with E-state index in [1.807, 2.05) is 31.2 Å². The molecule has 126 valence electrons. The average Bonchev–Trinajstić information content (AvgIpc) is 2.90. The molecule has 0 spiro atoms. The SMILES string of the molecule is CCS(=O)(=O)Nc1cccc(C(=O)N2c3ccccc3C[C@H]2C)c1. The molecule has 1 heterocycles. The molecular formula is C18H20N2O3S. The largest absolute Gasteiger partial charge is 0.305 e. The first-order valence-corrected chi connectivity index (χ1v) is 9.58. The zero-order chi connectivity index (χ0) is 17.3.